The molecule has 1 heterocycles. The van der Waals surface area contributed by atoms with Crippen LogP contribution in [0.1, 0.15) is 18.4 Å². The molecule has 1 fully saturated rings. The Morgan fingerprint density at radius 1 is 1.54 bits per heavy atom. The largest absolute Gasteiger partial charge is 0.488 e. The Balaban J connectivity index is 1.98. The van der Waals surface area contributed by atoms with Crippen molar-refractivity contribution in [1.82, 2.24) is 4.98 Å². The fourth-order valence-electron chi connectivity index (χ4n) is 1.45. The van der Waals surface area contributed by atoms with Crippen molar-refractivity contribution in [3.05, 3.63) is 24.0 Å². The van der Waals surface area contributed by atoms with Gasteiger partial charge in [-0.15, -0.1) is 0 Å². The standard InChI is InChI=1S/C10H14N2O/c1-7-2-3-12-6-10(7)13-9-4-8(11)5-9/h2-3,6,8-9H,4-5,11H2,1H3. The van der Waals surface area contributed by atoms with E-state index in [2.05, 4.69) is 4.98 Å². The summed E-state index contributed by atoms with van der Waals surface area (Å²) in [5, 5.41) is 0. The molecule has 0 bridgehead atoms. The number of nitrogens with zero attached hydrogens (tertiary/aromatic N) is 1. The normalized spacial score (nSPS) is 26.6. The Hall–Kier alpha value is -1.09. The summed E-state index contributed by atoms with van der Waals surface area (Å²) in [5.41, 5.74) is 6.80. The lowest BCUT2D eigenvalue weighted by atomic mass is 9.90. The lowest BCUT2D eigenvalue weighted by Gasteiger charge is -2.32. The zero-order chi connectivity index (χ0) is 9.26. The number of hydrogen-bond acceptors (Lipinski definition) is 3. The van der Waals surface area contributed by atoms with Crippen LogP contribution in [0.3, 0.4) is 0 Å². The molecule has 0 spiro atoms. The summed E-state index contributed by atoms with van der Waals surface area (Å²) >= 11 is 0. The Morgan fingerprint density at radius 3 is 2.92 bits per heavy atom. The maximum Gasteiger partial charge on any atom is 0.140 e. The third-order valence-electron chi connectivity index (χ3n) is 2.42. The number of pyridine rings is 1. The van der Waals surface area contributed by atoms with Crippen LogP contribution in [0.25, 0.3) is 0 Å². The topological polar surface area (TPSA) is 48.1 Å². The maximum absolute atomic E-state index is 5.71. The van der Waals surface area contributed by atoms with Gasteiger partial charge < -0.3 is 10.5 Å². The third-order valence-corrected chi connectivity index (χ3v) is 2.42. The van der Waals surface area contributed by atoms with E-state index in [0.29, 0.717) is 12.1 Å². The molecular formula is C10H14N2O. The van der Waals surface area contributed by atoms with E-state index in [-0.39, 0.29) is 0 Å². The van der Waals surface area contributed by atoms with Crippen molar-refractivity contribution in [2.75, 3.05) is 0 Å². The number of aromatic nitrogens is 1. The van der Waals surface area contributed by atoms with Gasteiger partial charge in [-0.05, 0) is 31.4 Å². The second-order valence-corrected chi connectivity index (χ2v) is 3.61. The van der Waals surface area contributed by atoms with E-state index >= 15 is 0 Å². The van der Waals surface area contributed by atoms with E-state index < -0.39 is 0 Å². The number of nitrogens with two attached hydrogens (primary N) is 1. The number of aryl methyl sites for hydroxylation is 1. The highest BCUT2D eigenvalue weighted by Crippen LogP contribution is 2.25. The molecule has 0 aliphatic heterocycles. The molecule has 70 valence electrons. The van der Waals surface area contributed by atoms with Crippen molar-refractivity contribution < 1.29 is 4.74 Å². The third kappa shape index (κ3) is 1.80. The van der Waals surface area contributed by atoms with Gasteiger partial charge in [-0.3, -0.25) is 4.98 Å². The molecule has 1 aromatic heterocycles. The van der Waals surface area contributed by atoms with E-state index in [1.54, 1.807) is 12.4 Å². The van der Waals surface area contributed by atoms with Crippen LogP contribution in [0.2, 0.25) is 0 Å². The van der Waals surface area contributed by atoms with E-state index in [4.69, 9.17) is 10.5 Å². The zero-order valence-electron chi connectivity index (χ0n) is 7.73. The van der Waals surface area contributed by atoms with E-state index in [1.165, 1.54) is 0 Å². The fraction of sp³-hybridized carbons (Fsp3) is 0.500. The molecule has 13 heavy (non-hydrogen) atoms. The van der Waals surface area contributed by atoms with Crippen LogP contribution < -0.4 is 10.5 Å². The minimum absolute atomic E-state index is 0.304. The van der Waals surface area contributed by atoms with Gasteiger partial charge in [-0.2, -0.15) is 0 Å². The van der Waals surface area contributed by atoms with Crippen molar-refractivity contribution in [2.24, 2.45) is 5.73 Å². The van der Waals surface area contributed by atoms with Crippen LogP contribution in [-0.2, 0) is 0 Å². The van der Waals surface area contributed by atoms with Gasteiger partial charge in [0.25, 0.3) is 0 Å². The minimum atomic E-state index is 0.304. The van der Waals surface area contributed by atoms with E-state index in [1.807, 2.05) is 13.0 Å². The molecule has 1 aliphatic rings. The Labute approximate surface area is 77.9 Å². The summed E-state index contributed by atoms with van der Waals surface area (Å²) in [6.07, 6.45) is 5.77. The molecule has 1 aromatic rings. The first kappa shape index (κ1) is 8.51. The average molecular weight is 178 g/mol. The summed E-state index contributed by atoms with van der Waals surface area (Å²) in [4.78, 5) is 4.02. The van der Waals surface area contributed by atoms with Gasteiger partial charge in [0.1, 0.15) is 11.9 Å². The summed E-state index contributed by atoms with van der Waals surface area (Å²) in [6, 6.07) is 2.29. The molecule has 2 N–H and O–H groups in total. The van der Waals surface area contributed by atoms with Crippen LogP contribution in [-0.4, -0.2) is 17.1 Å². The second-order valence-electron chi connectivity index (χ2n) is 3.61. The van der Waals surface area contributed by atoms with Gasteiger partial charge >= 0.3 is 0 Å². The van der Waals surface area contributed by atoms with Gasteiger partial charge in [0, 0.05) is 12.2 Å². The quantitative estimate of drug-likeness (QED) is 0.741. The lowest BCUT2D eigenvalue weighted by Crippen LogP contribution is -2.43. The maximum atomic E-state index is 5.71. The predicted octanol–water partition coefficient (Wildman–Crippen LogP) is 1.26. The Bertz CT molecular complexity index is 295. The van der Waals surface area contributed by atoms with Crippen molar-refractivity contribution in [3.8, 4) is 5.75 Å². The average Bonchev–Trinajstić information content (AvgIpc) is 2.06. The molecule has 1 saturated carbocycles. The zero-order valence-corrected chi connectivity index (χ0v) is 7.73. The van der Waals surface area contributed by atoms with Gasteiger partial charge in [0.2, 0.25) is 0 Å². The monoisotopic (exact) mass is 178 g/mol. The van der Waals surface area contributed by atoms with Crippen molar-refractivity contribution in [1.29, 1.82) is 0 Å². The summed E-state index contributed by atoms with van der Waals surface area (Å²) in [5.74, 6) is 0.888. The first-order chi connectivity index (χ1) is 6.25. The smallest absolute Gasteiger partial charge is 0.140 e. The molecule has 1 aliphatic carbocycles. The summed E-state index contributed by atoms with van der Waals surface area (Å²) in [6.45, 7) is 2.02. The molecule has 3 nitrogen and oxygen atoms in total. The first-order valence-electron chi connectivity index (χ1n) is 4.58. The minimum Gasteiger partial charge on any atom is -0.488 e. The van der Waals surface area contributed by atoms with Crippen molar-refractivity contribution >= 4 is 0 Å². The summed E-state index contributed by atoms with van der Waals surface area (Å²) < 4.78 is 5.71. The van der Waals surface area contributed by atoms with Crippen LogP contribution in [0.5, 0.6) is 5.75 Å². The van der Waals surface area contributed by atoms with Gasteiger partial charge in [-0.25, -0.2) is 0 Å². The molecule has 3 heteroatoms. The van der Waals surface area contributed by atoms with Crippen LogP contribution in [0.4, 0.5) is 0 Å². The van der Waals surface area contributed by atoms with E-state index in [9.17, 15) is 0 Å². The molecule has 0 radical (unpaired) electrons. The van der Waals surface area contributed by atoms with Gasteiger partial charge in [0.05, 0.1) is 6.20 Å². The Kier molecular flexibility index (Phi) is 2.19. The highest BCUT2D eigenvalue weighted by atomic mass is 16.5. The molecule has 0 unspecified atom stereocenters. The fourth-order valence-corrected chi connectivity index (χ4v) is 1.45. The number of ether oxygens (including phenoxy) is 1. The highest BCUT2D eigenvalue weighted by Gasteiger charge is 2.27. The first-order valence-corrected chi connectivity index (χ1v) is 4.58. The van der Waals surface area contributed by atoms with Crippen LogP contribution in [0, 0.1) is 6.92 Å². The molecule has 0 amide bonds. The highest BCUT2D eigenvalue weighted by molar-refractivity contribution is 5.28. The predicted molar refractivity (Wildman–Crippen MR) is 50.6 cm³/mol. The van der Waals surface area contributed by atoms with E-state index in [0.717, 1.165) is 24.2 Å². The SMILES string of the molecule is Cc1ccncc1OC1CC(N)C1. The van der Waals surface area contributed by atoms with Gasteiger partial charge in [0.15, 0.2) is 0 Å². The number of hydrogen-bond donors (Lipinski definition) is 1. The van der Waals surface area contributed by atoms with Gasteiger partial charge in [-0.1, -0.05) is 0 Å². The molecule has 2 rings (SSSR count). The molecular weight excluding hydrogens is 164 g/mol. The van der Waals surface area contributed by atoms with Crippen molar-refractivity contribution in [3.63, 3.8) is 0 Å². The molecule has 0 saturated heterocycles. The summed E-state index contributed by atoms with van der Waals surface area (Å²) in [7, 11) is 0. The lowest BCUT2D eigenvalue weighted by molar-refractivity contribution is 0.0996. The Morgan fingerprint density at radius 2 is 2.31 bits per heavy atom. The van der Waals surface area contributed by atoms with Crippen LogP contribution in [0.15, 0.2) is 18.5 Å². The van der Waals surface area contributed by atoms with Crippen molar-refractivity contribution in [2.45, 2.75) is 31.9 Å². The number of rotatable bonds is 2. The molecule has 0 aromatic carbocycles. The second kappa shape index (κ2) is 3.34. The molecule has 0 atom stereocenters. The van der Waals surface area contributed by atoms with Crippen LogP contribution >= 0.6 is 0 Å².